The first-order chi connectivity index (χ1) is 10.1. The Hall–Kier alpha value is -1.72. The number of rotatable bonds is 5. The predicted molar refractivity (Wildman–Crippen MR) is 84.3 cm³/mol. The van der Waals surface area contributed by atoms with Crippen LogP contribution in [0.1, 0.15) is 17.2 Å². The van der Waals surface area contributed by atoms with E-state index in [-0.39, 0.29) is 0 Å². The van der Waals surface area contributed by atoms with Crippen molar-refractivity contribution in [2.45, 2.75) is 6.10 Å². The van der Waals surface area contributed by atoms with Gasteiger partial charge >= 0.3 is 0 Å². The molecule has 4 nitrogen and oxygen atoms in total. The average molecular weight is 353 g/mol. The lowest BCUT2D eigenvalue weighted by molar-refractivity contribution is 0.212. The number of halogens is 1. The quantitative estimate of drug-likeness (QED) is 0.893. The van der Waals surface area contributed by atoms with E-state index in [0.717, 1.165) is 10.0 Å². The Bertz CT molecular complexity index is 610. The summed E-state index contributed by atoms with van der Waals surface area (Å²) < 4.78 is 16.9. The molecule has 0 fully saturated rings. The Morgan fingerprint density at radius 2 is 1.48 bits per heavy atom. The minimum atomic E-state index is -0.812. The third-order valence-corrected chi connectivity index (χ3v) is 3.74. The zero-order valence-electron chi connectivity index (χ0n) is 12.1. The third-order valence-electron chi connectivity index (χ3n) is 3.21. The monoisotopic (exact) mass is 352 g/mol. The van der Waals surface area contributed by atoms with Gasteiger partial charge in [-0.3, -0.25) is 0 Å². The molecular weight excluding hydrogens is 336 g/mol. The molecule has 0 spiro atoms. The Labute approximate surface area is 132 Å². The van der Waals surface area contributed by atoms with Crippen LogP contribution in [0.4, 0.5) is 0 Å². The fourth-order valence-corrected chi connectivity index (χ4v) is 2.43. The van der Waals surface area contributed by atoms with Crippen molar-refractivity contribution < 1.29 is 19.3 Å². The van der Waals surface area contributed by atoms with Gasteiger partial charge in [-0.05, 0) is 29.8 Å². The molecule has 0 aliphatic carbocycles. The number of aliphatic hydroxyl groups is 1. The second kappa shape index (κ2) is 6.83. The first-order valence-electron chi connectivity index (χ1n) is 6.34. The Morgan fingerprint density at radius 3 is 2.00 bits per heavy atom. The van der Waals surface area contributed by atoms with Crippen molar-refractivity contribution in [2.75, 3.05) is 21.3 Å². The largest absolute Gasteiger partial charge is 0.493 e. The summed E-state index contributed by atoms with van der Waals surface area (Å²) in [7, 11) is 4.63. The first kappa shape index (κ1) is 15.7. The SMILES string of the molecule is COc1ccc(C(O)c2ccc(Br)cc2)c(OC)c1OC. The van der Waals surface area contributed by atoms with Gasteiger partial charge in [-0.1, -0.05) is 28.1 Å². The standard InChI is InChI=1S/C16H17BrO4/c1-19-13-9-8-12(15(20-2)16(13)21-3)14(18)10-4-6-11(17)7-5-10/h4-9,14,18H,1-3H3. The van der Waals surface area contributed by atoms with Crippen LogP contribution in [0.25, 0.3) is 0 Å². The normalized spacial score (nSPS) is 11.9. The van der Waals surface area contributed by atoms with E-state index in [1.165, 1.54) is 14.2 Å². The van der Waals surface area contributed by atoms with E-state index in [1.807, 2.05) is 24.3 Å². The van der Waals surface area contributed by atoms with Crippen molar-refractivity contribution in [2.24, 2.45) is 0 Å². The summed E-state index contributed by atoms with van der Waals surface area (Å²) in [6.45, 7) is 0. The van der Waals surface area contributed by atoms with Crippen LogP contribution in [0.15, 0.2) is 40.9 Å². The van der Waals surface area contributed by atoms with E-state index < -0.39 is 6.10 Å². The van der Waals surface area contributed by atoms with Crippen LogP contribution >= 0.6 is 15.9 Å². The number of benzene rings is 2. The van der Waals surface area contributed by atoms with E-state index in [2.05, 4.69) is 15.9 Å². The highest BCUT2D eigenvalue weighted by Gasteiger charge is 2.21. The number of hydrogen-bond acceptors (Lipinski definition) is 4. The van der Waals surface area contributed by atoms with Gasteiger partial charge in [0.2, 0.25) is 5.75 Å². The van der Waals surface area contributed by atoms with Crippen molar-refractivity contribution >= 4 is 15.9 Å². The van der Waals surface area contributed by atoms with Gasteiger partial charge in [0.25, 0.3) is 0 Å². The predicted octanol–water partition coefficient (Wildman–Crippen LogP) is 3.56. The molecule has 0 radical (unpaired) electrons. The van der Waals surface area contributed by atoms with Gasteiger partial charge in [-0.15, -0.1) is 0 Å². The molecule has 2 aromatic rings. The molecule has 0 aromatic heterocycles. The summed E-state index contributed by atoms with van der Waals surface area (Å²) in [5.74, 6) is 1.49. The average Bonchev–Trinajstić information content (AvgIpc) is 2.53. The second-order valence-corrected chi connectivity index (χ2v) is 5.29. The van der Waals surface area contributed by atoms with Crippen LogP contribution in [-0.4, -0.2) is 26.4 Å². The summed E-state index contributed by atoms with van der Waals surface area (Å²) in [6, 6.07) is 11.0. The zero-order valence-corrected chi connectivity index (χ0v) is 13.7. The van der Waals surface area contributed by atoms with Crippen molar-refractivity contribution in [1.29, 1.82) is 0 Å². The number of ether oxygens (including phenoxy) is 3. The van der Waals surface area contributed by atoms with Gasteiger partial charge < -0.3 is 19.3 Å². The highest BCUT2D eigenvalue weighted by Crippen LogP contribution is 2.43. The highest BCUT2D eigenvalue weighted by molar-refractivity contribution is 9.10. The Kier molecular flexibility index (Phi) is 5.09. The van der Waals surface area contributed by atoms with Crippen LogP contribution in [0.3, 0.4) is 0 Å². The van der Waals surface area contributed by atoms with Crippen LogP contribution in [0.5, 0.6) is 17.2 Å². The Balaban J connectivity index is 2.50. The molecule has 0 heterocycles. The van der Waals surface area contributed by atoms with Crippen molar-refractivity contribution in [3.05, 3.63) is 52.0 Å². The number of aliphatic hydroxyl groups excluding tert-OH is 1. The smallest absolute Gasteiger partial charge is 0.203 e. The van der Waals surface area contributed by atoms with E-state index >= 15 is 0 Å². The second-order valence-electron chi connectivity index (χ2n) is 4.38. The molecule has 1 atom stereocenters. The van der Waals surface area contributed by atoms with Gasteiger partial charge in [0.05, 0.1) is 21.3 Å². The lowest BCUT2D eigenvalue weighted by Crippen LogP contribution is -2.05. The minimum Gasteiger partial charge on any atom is -0.493 e. The summed E-state index contributed by atoms with van der Waals surface area (Å²) in [5.41, 5.74) is 1.39. The van der Waals surface area contributed by atoms with Gasteiger partial charge in [-0.25, -0.2) is 0 Å². The molecule has 0 saturated heterocycles. The summed E-state index contributed by atoms with van der Waals surface area (Å²) in [4.78, 5) is 0. The highest BCUT2D eigenvalue weighted by atomic mass is 79.9. The molecule has 0 aliphatic rings. The van der Waals surface area contributed by atoms with Crippen LogP contribution in [0.2, 0.25) is 0 Å². The lowest BCUT2D eigenvalue weighted by atomic mass is 10.00. The van der Waals surface area contributed by atoms with Gasteiger partial charge in [-0.2, -0.15) is 0 Å². The van der Waals surface area contributed by atoms with E-state index in [4.69, 9.17) is 14.2 Å². The molecule has 112 valence electrons. The lowest BCUT2D eigenvalue weighted by Gasteiger charge is -2.19. The molecule has 21 heavy (non-hydrogen) atoms. The molecule has 2 rings (SSSR count). The van der Waals surface area contributed by atoms with Crippen LogP contribution in [-0.2, 0) is 0 Å². The maximum Gasteiger partial charge on any atom is 0.203 e. The molecule has 1 N–H and O–H groups in total. The van der Waals surface area contributed by atoms with Crippen molar-refractivity contribution in [3.63, 3.8) is 0 Å². The van der Waals surface area contributed by atoms with Crippen LogP contribution in [0, 0.1) is 0 Å². The summed E-state index contributed by atoms with van der Waals surface area (Å²) in [6.07, 6.45) is -0.812. The molecule has 2 aromatic carbocycles. The summed E-state index contributed by atoms with van der Waals surface area (Å²) in [5, 5.41) is 10.6. The molecule has 0 amide bonds. The van der Waals surface area contributed by atoms with E-state index in [9.17, 15) is 5.11 Å². The van der Waals surface area contributed by atoms with Gasteiger partial charge in [0.15, 0.2) is 11.5 Å². The fourth-order valence-electron chi connectivity index (χ4n) is 2.16. The van der Waals surface area contributed by atoms with E-state index in [0.29, 0.717) is 22.8 Å². The maximum absolute atomic E-state index is 10.6. The minimum absolute atomic E-state index is 0.465. The molecule has 0 saturated carbocycles. The molecule has 0 aliphatic heterocycles. The van der Waals surface area contributed by atoms with E-state index in [1.54, 1.807) is 19.2 Å². The molecule has 1 unspecified atom stereocenters. The number of methoxy groups -OCH3 is 3. The first-order valence-corrected chi connectivity index (χ1v) is 7.14. The molecule has 5 heteroatoms. The zero-order chi connectivity index (χ0) is 15.4. The summed E-state index contributed by atoms with van der Waals surface area (Å²) >= 11 is 3.38. The fraction of sp³-hybridized carbons (Fsp3) is 0.250. The molecular formula is C16H17BrO4. The van der Waals surface area contributed by atoms with Crippen molar-refractivity contribution in [3.8, 4) is 17.2 Å². The van der Waals surface area contributed by atoms with Crippen LogP contribution < -0.4 is 14.2 Å². The van der Waals surface area contributed by atoms with Crippen molar-refractivity contribution in [1.82, 2.24) is 0 Å². The number of hydrogen-bond donors (Lipinski definition) is 1. The van der Waals surface area contributed by atoms with Gasteiger partial charge in [0.1, 0.15) is 6.10 Å². The Morgan fingerprint density at radius 1 is 0.857 bits per heavy atom. The maximum atomic E-state index is 10.6. The topological polar surface area (TPSA) is 47.9 Å². The molecule has 0 bridgehead atoms. The van der Waals surface area contributed by atoms with Gasteiger partial charge in [0, 0.05) is 10.0 Å². The third kappa shape index (κ3) is 3.14.